The summed E-state index contributed by atoms with van der Waals surface area (Å²) < 4.78 is 6.31. The molecule has 2 nitrogen and oxygen atoms in total. The first-order valence-electron chi connectivity index (χ1n) is 21.6. The maximum atomic E-state index is 6.31. The first kappa shape index (κ1) is 37.8. The van der Waals surface area contributed by atoms with Gasteiger partial charge in [-0.2, -0.15) is 0 Å². The lowest BCUT2D eigenvalue weighted by Gasteiger charge is -2.37. The molecule has 0 saturated heterocycles. The SMILES string of the molecule is c1ccc(-c2cccc(N(c3ccc(-c4ccc(C(c5ccccc5)(c5ccccc5)c5ccccc5)cc4)cc3)c3cccc(-c4ccc5c(c4)oc4ccccc45)c3)c2)cc1. The third kappa shape index (κ3) is 6.98. The Balaban J connectivity index is 0.984. The van der Waals surface area contributed by atoms with Crippen LogP contribution in [0.5, 0.6) is 0 Å². The zero-order valence-electron chi connectivity index (χ0n) is 34.7. The first-order valence-corrected chi connectivity index (χ1v) is 21.6. The van der Waals surface area contributed by atoms with Crippen molar-refractivity contribution in [2.24, 2.45) is 0 Å². The second kappa shape index (κ2) is 16.3. The number of anilines is 3. The van der Waals surface area contributed by atoms with Crippen LogP contribution in [-0.2, 0) is 5.41 Å². The molecular formula is C61H43NO. The molecule has 63 heavy (non-hydrogen) atoms. The summed E-state index contributed by atoms with van der Waals surface area (Å²) in [6.45, 7) is 0. The van der Waals surface area contributed by atoms with Crippen molar-refractivity contribution >= 4 is 39.0 Å². The van der Waals surface area contributed by atoms with Crippen LogP contribution in [0.4, 0.5) is 17.1 Å². The van der Waals surface area contributed by atoms with Gasteiger partial charge in [0.15, 0.2) is 0 Å². The van der Waals surface area contributed by atoms with Crippen molar-refractivity contribution in [2.45, 2.75) is 5.41 Å². The van der Waals surface area contributed by atoms with Gasteiger partial charge in [0.05, 0.1) is 5.41 Å². The van der Waals surface area contributed by atoms with E-state index >= 15 is 0 Å². The molecule has 0 unspecified atom stereocenters. The van der Waals surface area contributed by atoms with Crippen molar-refractivity contribution in [1.29, 1.82) is 0 Å². The Morgan fingerprint density at radius 3 is 1.22 bits per heavy atom. The van der Waals surface area contributed by atoms with E-state index in [9.17, 15) is 0 Å². The molecule has 0 aliphatic carbocycles. The van der Waals surface area contributed by atoms with Crippen LogP contribution in [0.1, 0.15) is 22.3 Å². The van der Waals surface area contributed by atoms with Crippen molar-refractivity contribution in [2.75, 3.05) is 4.90 Å². The number of hydrogen-bond donors (Lipinski definition) is 0. The molecular weight excluding hydrogens is 763 g/mol. The van der Waals surface area contributed by atoms with E-state index < -0.39 is 5.41 Å². The van der Waals surface area contributed by atoms with Gasteiger partial charge in [0.25, 0.3) is 0 Å². The zero-order chi connectivity index (χ0) is 42.0. The predicted octanol–water partition coefficient (Wildman–Crippen LogP) is 16.4. The number of furan rings is 1. The molecule has 1 heterocycles. The summed E-state index contributed by atoms with van der Waals surface area (Å²) in [6, 6.07) is 93.8. The summed E-state index contributed by atoms with van der Waals surface area (Å²) in [5.74, 6) is 0. The smallest absolute Gasteiger partial charge is 0.136 e. The summed E-state index contributed by atoms with van der Waals surface area (Å²) in [6.07, 6.45) is 0. The first-order chi connectivity index (χ1) is 31.2. The minimum atomic E-state index is -0.493. The fourth-order valence-electron chi connectivity index (χ4n) is 9.41. The fraction of sp³-hybridized carbons (Fsp3) is 0.0164. The normalized spacial score (nSPS) is 11.5. The quantitative estimate of drug-likeness (QED) is 0.128. The molecule has 0 amide bonds. The molecule has 0 N–H and O–H groups in total. The van der Waals surface area contributed by atoms with Crippen molar-refractivity contribution in [3.05, 3.63) is 283 Å². The van der Waals surface area contributed by atoms with Gasteiger partial charge in [-0.15, -0.1) is 0 Å². The standard InChI is InChI=1S/C61H43NO/c1-5-17-44(18-6-1)47-19-15-27-55(41-47)62(56-28-16-20-48(42-56)49-35-40-58-57-29-13-14-30-59(57)63-60(58)43-49)54-38-33-46(34-39-54)45-31-36-53(37-32-45)61(50-21-7-2-8-22-50,51-23-9-3-10-24-51)52-25-11-4-12-26-52/h1-43H. The van der Waals surface area contributed by atoms with E-state index in [4.69, 9.17) is 4.42 Å². The van der Waals surface area contributed by atoms with Crippen LogP contribution >= 0.6 is 0 Å². The second-order valence-electron chi connectivity index (χ2n) is 16.1. The van der Waals surface area contributed by atoms with E-state index in [2.05, 4.69) is 254 Å². The maximum absolute atomic E-state index is 6.31. The highest BCUT2D eigenvalue weighted by Gasteiger charge is 2.38. The molecule has 0 radical (unpaired) electrons. The summed E-state index contributed by atoms with van der Waals surface area (Å²) >= 11 is 0. The fourth-order valence-corrected chi connectivity index (χ4v) is 9.41. The highest BCUT2D eigenvalue weighted by atomic mass is 16.3. The van der Waals surface area contributed by atoms with Crippen LogP contribution in [0.2, 0.25) is 0 Å². The molecule has 0 fully saturated rings. The van der Waals surface area contributed by atoms with Gasteiger partial charge in [-0.25, -0.2) is 0 Å². The van der Waals surface area contributed by atoms with Crippen LogP contribution in [0.15, 0.2) is 265 Å². The van der Waals surface area contributed by atoms with E-state index in [-0.39, 0.29) is 0 Å². The molecule has 11 rings (SSSR count). The summed E-state index contributed by atoms with van der Waals surface area (Å²) in [5.41, 5.74) is 16.3. The van der Waals surface area contributed by atoms with Crippen molar-refractivity contribution in [1.82, 2.24) is 0 Å². The third-order valence-corrected chi connectivity index (χ3v) is 12.4. The van der Waals surface area contributed by atoms with Gasteiger partial charge < -0.3 is 9.32 Å². The third-order valence-electron chi connectivity index (χ3n) is 12.4. The molecule has 0 saturated carbocycles. The molecule has 1 aromatic heterocycles. The van der Waals surface area contributed by atoms with Crippen LogP contribution in [0.3, 0.4) is 0 Å². The Kier molecular flexibility index (Phi) is 9.80. The van der Waals surface area contributed by atoms with Crippen molar-refractivity contribution in [3.63, 3.8) is 0 Å². The Morgan fingerprint density at radius 2 is 0.651 bits per heavy atom. The topological polar surface area (TPSA) is 16.4 Å². The summed E-state index contributed by atoms with van der Waals surface area (Å²) in [4.78, 5) is 2.36. The summed E-state index contributed by atoms with van der Waals surface area (Å²) in [5, 5.41) is 2.26. The van der Waals surface area contributed by atoms with E-state index in [1.807, 2.05) is 12.1 Å². The van der Waals surface area contributed by atoms with E-state index in [1.54, 1.807) is 0 Å². The molecule has 0 spiro atoms. The van der Waals surface area contributed by atoms with Gasteiger partial charge in [-0.05, 0) is 110 Å². The van der Waals surface area contributed by atoms with Gasteiger partial charge in [-0.1, -0.05) is 206 Å². The minimum absolute atomic E-state index is 0.493. The number of hydrogen-bond acceptors (Lipinski definition) is 2. The number of para-hydroxylation sites is 1. The Morgan fingerprint density at radius 1 is 0.254 bits per heavy atom. The summed E-state index contributed by atoms with van der Waals surface area (Å²) in [7, 11) is 0. The largest absolute Gasteiger partial charge is 0.456 e. The lowest BCUT2D eigenvalue weighted by atomic mass is 9.65. The minimum Gasteiger partial charge on any atom is -0.456 e. The van der Waals surface area contributed by atoms with Crippen LogP contribution in [0.25, 0.3) is 55.3 Å². The maximum Gasteiger partial charge on any atom is 0.136 e. The Labute approximate surface area is 368 Å². The molecule has 0 bridgehead atoms. The van der Waals surface area contributed by atoms with Gasteiger partial charge in [0.2, 0.25) is 0 Å². The Bertz CT molecular complexity index is 3200. The van der Waals surface area contributed by atoms with Gasteiger partial charge in [-0.3, -0.25) is 0 Å². The van der Waals surface area contributed by atoms with Crippen LogP contribution in [0, 0.1) is 0 Å². The molecule has 10 aromatic carbocycles. The number of benzene rings is 10. The average Bonchev–Trinajstić information content (AvgIpc) is 3.74. The second-order valence-corrected chi connectivity index (χ2v) is 16.1. The molecule has 2 heteroatoms. The number of rotatable bonds is 10. The lowest BCUT2D eigenvalue weighted by molar-refractivity contribution is 0.669. The lowest BCUT2D eigenvalue weighted by Crippen LogP contribution is -2.30. The highest BCUT2D eigenvalue weighted by molar-refractivity contribution is 6.06. The van der Waals surface area contributed by atoms with E-state index in [1.165, 1.54) is 33.4 Å². The molecule has 11 aromatic rings. The average molecular weight is 806 g/mol. The molecule has 0 atom stereocenters. The van der Waals surface area contributed by atoms with E-state index in [0.29, 0.717) is 0 Å². The molecule has 298 valence electrons. The molecule has 0 aliphatic rings. The molecule has 0 aliphatic heterocycles. The monoisotopic (exact) mass is 805 g/mol. The van der Waals surface area contributed by atoms with Crippen molar-refractivity contribution in [3.8, 4) is 33.4 Å². The number of fused-ring (bicyclic) bond motifs is 3. The van der Waals surface area contributed by atoms with Crippen LogP contribution < -0.4 is 4.90 Å². The number of nitrogens with zero attached hydrogens (tertiary/aromatic N) is 1. The van der Waals surface area contributed by atoms with Gasteiger partial charge in [0, 0.05) is 27.8 Å². The van der Waals surface area contributed by atoms with E-state index in [0.717, 1.165) is 61.3 Å². The van der Waals surface area contributed by atoms with Crippen LogP contribution in [-0.4, -0.2) is 0 Å². The zero-order valence-corrected chi connectivity index (χ0v) is 34.7. The van der Waals surface area contributed by atoms with Gasteiger partial charge in [0.1, 0.15) is 11.2 Å². The van der Waals surface area contributed by atoms with Gasteiger partial charge >= 0.3 is 0 Å². The van der Waals surface area contributed by atoms with Crippen molar-refractivity contribution < 1.29 is 4.42 Å². The highest BCUT2D eigenvalue weighted by Crippen LogP contribution is 2.46. The predicted molar refractivity (Wildman–Crippen MR) is 263 cm³/mol. The Hall–Kier alpha value is -8.20.